The summed E-state index contributed by atoms with van der Waals surface area (Å²) in [6, 6.07) is 13.0. The summed E-state index contributed by atoms with van der Waals surface area (Å²) in [6.07, 6.45) is 5.39. The highest BCUT2D eigenvalue weighted by Crippen LogP contribution is 2.33. The molecule has 2 N–H and O–H groups in total. The first-order valence-electron chi connectivity index (χ1n) is 11.2. The average Bonchev–Trinajstić information content (AvgIpc) is 3.64. The van der Waals surface area contributed by atoms with E-state index in [4.69, 9.17) is 9.15 Å². The number of anilines is 1. The first-order chi connectivity index (χ1) is 16.6. The highest BCUT2D eigenvalue weighted by Gasteiger charge is 2.35. The molecule has 1 aliphatic rings. The molecular weight excluding hydrogens is 454 g/mol. The van der Waals surface area contributed by atoms with Crippen LogP contribution in [-0.2, 0) is 9.59 Å². The number of rotatable bonds is 9. The van der Waals surface area contributed by atoms with Crippen LogP contribution in [0.15, 0.2) is 64.6 Å². The van der Waals surface area contributed by atoms with Crippen LogP contribution in [0.25, 0.3) is 0 Å². The van der Waals surface area contributed by atoms with Gasteiger partial charge in [-0.05, 0) is 48.6 Å². The number of nitrogens with zero attached hydrogens (tertiary/aromatic N) is 1. The van der Waals surface area contributed by atoms with E-state index in [1.54, 1.807) is 37.4 Å². The summed E-state index contributed by atoms with van der Waals surface area (Å²) in [7, 11) is 1.54. The summed E-state index contributed by atoms with van der Waals surface area (Å²) < 4.78 is 10.5. The van der Waals surface area contributed by atoms with Gasteiger partial charge in [-0.3, -0.25) is 19.3 Å². The molecule has 3 aromatic rings. The second-order valence-corrected chi connectivity index (χ2v) is 9.01. The molecule has 1 aromatic carbocycles. The number of methoxy groups -OCH3 is 1. The SMILES string of the molecule is COc1cccc(N(C(=O)CNC(=O)c2ccco2)C(C(=O)NC2CCCC2)c2cccs2)c1. The van der Waals surface area contributed by atoms with Crippen LogP contribution in [-0.4, -0.2) is 37.4 Å². The third-order valence-electron chi connectivity index (χ3n) is 5.77. The van der Waals surface area contributed by atoms with Gasteiger partial charge < -0.3 is 19.8 Å². The van der Waals surface area contributed by atoms with Crippen LogP contribution in [0.1, 0.15) is 47.2 Å². The molecule has 3 amide bonds. The second-order valence-electron chi connectivity index (χ2n) is 8.03. The molecule has 2 heterocycles. The molecule has 4 rings (SSSR count). The van der Waals surface area contributed by atoms with Crippen molar-refractivity contribution in [3.05, 3.63) is 70.8 Å². The normalized spacial score (nSPS) is 14.4. The lowest BCUT2D eigenvalue weighted by Gasteiger charge is -2.31. The minimum atomic E-state index is -0.888. The van der Waals surface area contributed by atoms with Crippen molar-refractivity contribution in [3.63, 3.8) is 0 Å². The lowest BCUT2D eigenvalue weighted by Crippen LogP contribution is -2.49. The van der Waals surface area contributed by atoms with Gasteiger partial charge in [0, 0.05) is 22.7 Å². The smallest absolute Gasteiger partial charge is 0.287 e. The van der Waals surface area contributed by atoms with Crippen molar-refractivity contribution >= 4 is 34.7 Å². The molecule has 178 valence electrons. The fourth-order valence-electron chi connectivity index (χ4n) is 4.10. The fraction of sp³-hybridized carbons (Fsp3) is 0.320. The van der Waals surface area contributed by atoms with E-state index in [1.807, 2.05) is 17.5 Å². The quantitative estimate of drug-likeness (QED) is 0.483. The van der Waals surface area contributed by atoms with Gasteiger partial charge in [0.1, 0.15) is 11.8 Å². The van der Waals surface area contributed by atoms with Crippen LogP contribution in [0, 0.1) is 0 Å². The molecule has 0 radical (unpaired) electrons. The number of hydrogen-bond acceptors (Lipinski definition) is 6. The second kappa shape index (κ2) is 11.0. The number of carbonyl (C=O) groups excluding carboxylic acids is 3. The Morgan fingerprint density at radius 1 is 1.15 bits per heavy atom. The molecule has 9 heteroatoms. The van der Waals surface area contributed by atoms with Crippen LogP contribution in [0.5, 0.6) is 5.75 Å². The average molecular weight is 482 g/mol. The van der Waals surface area contributed by atoms with E-state index in [9.17, 15) is 14.4 Å². The lowest BCUT2D eigenvalue weighted by atomic mass is 10.1. The number of amides is 3. The van der Waals surface area contributed by atoms with E-state index in [-0.39, 0.29) is 24.3 Å². The highest BCUT2D eigenvalue weighted by molar-refractivity contribution is 7.10. The third-order valence-corrected chi connectivity index (χ3v) is 6.69. The summed E-state index contributed by atoms with van der Waals surface area (Å²) in [5.74, 6) is -0.534. The zero-order chi connectivity index (χ0) is 23.9. The summed E-state index contributed by atoms with van der Waals surface area (Å²) in [4.78, 5) is 41.6. The Bertz CT molecular complexity index is 1110. The first kappa shape index (κ1) is 23.6. The molecule has 34 heavy (non-hydrogen) atoms. The lowest BCUT2D eigenvalue weighted by molar-refractivity contribution is -0.126. The number of nitrogens with one attached hydrogen (secondary N) is 2. The van der Waals surface area contributed by atoms with Gasteiger partial charge in [0.2, 0.25) is 11.8 Å². The molecule has 1 unspecified atom stereocenters. The Morgan fingerprint density at radius 2 is 1.97 bits per heavy atom. The van der Waals surface area contributed by atoms with Crippen LogP contribution >= 0.6 is 11.3 Å². The zero-order valence-corrected chi connectivity index (χ0v) is 19.7. The van der Waals surface area contributed by atoms with Gasteiger partial charge in [0.25, 0.3) is 5.91 Å². The molecule has 1 aliphatic carbocycles. The molecule has 0 spiro atoms. The Morgan fingerprint density at radius 3 is 2.65 bits per heavy atom. The van der Waals surface area contributed by atoms with Gasteiger partial charge in [-0.25, -0.2) is 0 Å². The van der Waals surface area contributed by atoms with Crippen molar-refractivity contribution in [1.29, 1.82) is 0 Å². The number of ether oxygens (including phenoxy) is 1. The molecule has 8 nitrogen and oxygen atoms in total. The minimum Gasteiger partial charge on any atom is -0.497 e. The number of hydrogen-bond donors (Lipinski definition) is 2. The Labute approximate surface area is 201 Å². The van der Waals surface area contributed by atoms with Crippen molar-refractivity contribution in [1.82, 2.24) is 10.6 Å². The van der Waals surface area contributed by atoms with Gasteiger partial charge in [-0.2, -0.15) is 0 Å². The Hall–Kier alpha value is -3.59. The number of carbonyl (C=O) groups is 3. The van der Waals surface area contributed by atoms with Crippen molar-refractivity contribution in [2.24, 2.45) is 0 Å². The summed E-state index contributed by atoms with van der Waals surface area (Å²) >= 11 is 1.40. The number of furan rings is 1. The fourth-order valence-corrected chi connectivity index (χ4v) is 4.92. The molecule has 2 aromatic heterocycles. The maximum atomic E-state index is 13.6. The van der Waals surface area contributed by atoms with Crippen molar-refractivity contribution in [2.45, 2.75) is 37.8 Å². The first-order valence-corrected chi connectivity index (χ1v) is 12.1. The van der Waals surface area contributed by atoms with E-state index in [1.165, 1.54) is 28.6 Å². The van der Waals surface area contributed by atoms with E-state index in [0.29, 0.717) is 11.4 Å². The van der Waals surface area contributed by atoms with Crippen LogP contribution in [0.4, 0.5) is 5.69 Å². The Balaban J connectivity index is 1.65. The monoisotopic (exact) mass is 481 g/mol. The van der Waals surface area contributed by atoms with Crippen molar-refractivity contribution in [2.75, 3.05) is 18.6 Å². The highest BCUT2D eigenvalue weighted by atomic mass is 32.1. The maximum absolute atomic E-state index is 13.6. The van der Waals surface area contributed by atoms with E-state index < -0.39 is 17.9 Å². The van der Waals surface area contributed by atoms with Crippen LogP contribution in [0.3, 0.4) is 0 Å². The standard InChI is InChI=1S/C25H27N3O5S/c1-32-19-10-4-9-18(15-19)28(22(29)16-26-24(30)20-11-5-13-33-20)23(21-12-6-14-34-21)25(31)27-17-7-2-3-8-17/h4-6,9-15,17,23H,2-3,7-8,16H2,1H3,(H,26,30)(H,27,31). The summed E-state index contributed by atoms with van der Waals surface area (Å²) in [5.41, 5.74) is 0.497. The van der Waals surface area contributed by atoms with Crippen LogP contribution in [0.2, 0.25) is 0 Å². The predicted octanol–water partition coefficient (Wildman–Crippen LogP) is 3.91. The number of thiophene rings is 1. The largest absolute Gasteiger partial charge is 0.497 e. The molecule has 0 saturated heterocycles. The van der Waals surface area contributed by atoms with E-state index >= 15 is 0 Å². The van der Waals surface area contributed by atoms with Crippen LogP contribution < -0.4 is 20.3 Å². The third kappa shape index (κ3) is 5.48. The van der Waals surface area contributed by atoms with E-state index in [2.05, 4.69) is 10.6 Å². The molecule has 1 atom stereocenters. The van der Waals surface area contributed by atoms with E-state index in [0.717, 1.165) is 30.6 Å². The summed E-state index contributed by atoms with van der Waals surface area (Å²) in [5, 5.41) is 7.59. The van der Waals surface area contributed by atoms with Gasteiger partial charge in [-0.15, -0.1) is 11.3 Å². The van der Waals surface area contributed by atoms with Crippen molar-refractivity contribution < 1.29 is 23.5 Å². The molecule has 0 bridgehead atoms. The minimum absolute atomic E-state index is 0.0934. The zero-order valence-electron chi connectivity index (χ0n) is 18.9. The molecular formula is C25H27N3O5S. The Kier molecular flexibility index (Phi) is 7.64. The van der Waals surface area contributed by atoms with Gasteiger partial charge >= 0.3 is 0 Å². The van der Waals surface area contributed by atoms with Gasteiger partial charge in [-0.1, -0.05) is 25.0 Å². The number of benzene rings is 1. The molecule has 1 fully saturated rings. The van der Waals surface area contributed by atoms with Crippen molar-refractivity contribution in [3.8, 4) is 5.75 Å². The topological polar surface area (TPSA) is 101 Å². The molecule has 1 saturated carbocycles. The maximum Gasteiger partial charge on any atom is 0.287 e. The van der Waals surface area contributed by atoms with Gasteiger partial charge in [0.05, 0.1) is 19.9 Å². The predicted molar refractivity (Wildman–Crippen MR) is 129 cm³/mol. The molecule has 0 aliphatic heterocycles. The summed E-state index contributed by atoms with van der Waals surface area (Å²) in [6.45, 7) is -0.310. The van der Waals surface area contributed by atoms with Gasteiger partial charge in [0.15, 0.2) is 5.76 Å².